The summed E-state index contributed by atoms with van der Waals surface area (Å²) < 4.78 is 15.5. The minimum atomic E-state index is -0.197. The van der Waals surface area contributed by atoms with Crippen molar-refractivity contribution >= 4 is 17.0 Å². The summed E-state index contributed by atoms with van der Waals surface area (Å²) in [6.45, 7) is 4.46. The molecule has 0 bridgehead atoms. The number of para-hydroxylation sites is 2. The van der Waals surface area contributed by atoms with Crippen LogP contribution in [0.5, 0.6) is 0 Å². The molecule has 142 valence electrons. The molecule has 0 radical (unpaired) electrons. The predicted octanol–water partition coefficient (Wildman–Crippen LogP) is 3.28. The standard InChI is InChI=1S/C21H26FN5/c1-16-26-19-9-3-4-10-20(19)27(16)14-6-12-24-21(23-2)25-13-11-17-7-5-8-18(22)15-17/h3-5,7-10,15H,6,11-14H2,1-2H3,(H2,23,24,25). The number of hydrogen-bond acceptors (Lipinski definition) is 2. The first kappa shape index (κ1) is 18.9. The smallest absolute Gasteiger partial charge is 0.190 e. The second-order valence-corrected chi connectivity index (χ2v) is 6.46. The third-order valence-electron chi connectivity index (χ3n) is 4.52. The van der Waals surface area contributed by atoms with Crippen molar-refractivity contribution in [3.05, 3.63) is 65.7 Å². The lowest BCUT2D eigenvalue weighted by Crippen LogP contribution is -2.39. The molecule has 2 aromatic carbocycles. The van der Waals surface area contributed by atoms with Gasteiger partial charge < -0.3 is 15.2 Å². The second kappa shape index (κ2) is 9.16. The van der Waals surface area contributed by atoms with E-state index >= 15 is 0 Å². The molecule has 27 heavy (non-hydrogen) atoms. The van der Waals surface area contributed by atoms with Gasteiger partial charge in [-0.2, -0.15) is 0 Å². The van der Waals surface area contributed by atoms with E-state index in [1.54, 1.807) is 19.2 Å². The number of hydrogen-bond donors (Lipinski definition) is 2. The average molecular weight is 367 g/mol. The predicted molar refractivity (Wildman–Crippen MR) is 109 cm³/mol. The number of nitrogens with zero attached hydrogens (tertiary/aromatic N) is 3. The third-order valence-corrected chi connectivity index (χ3v) is 4.52. The van der Waals surface area contributed by atoms with Gasteiger partial charge in [0.05, 0.1) is 11.0 Å². The molecule has 0 aliphatic heterocycles. The molecule has 2 N–H and O–H groups in total. The van der Waals surface area contributed by atoms with Gasteiger partial charge in [-0.3, -0.25) is 4.99 Å². The van der Waals surface area contributed by atoms with E-state index in [4.69, 9.17) is 0 Å². The minimum Gasteiger partial charge on any atom is -0.356 e. The highest BCUT2D eigenvalue weighted by atomic mass is 19.1. The topological polar surface area (TPSA) is 54.2 Å². The van der Waals surface area contributed by atoms with Crippen molar-refractivity contribution in [2.75, 3.05) is 20.1 Å². The quantitative estimate of drug-likeness (QED) is 0.383. The van der Waals surface area contributed by atoms with Crippen LogP contribution in [-0.2, 0) is 13.0 Å². The zero-order chi connectivity index (χ0) is 19.1. The zero-order valence-electron chi connectivity index (χ0n) is 15.9. The minimum absolute atomic E-state index is 0.197. The summed E-state index contributed by atoms with van der Waals surface area (Å²) in [7, 11) is 1.76. The van der Waals surface area contributed by atoms with Crippen LogP contribution in [0.3, 0.4) is 0 Å². The Bertz CT molecular complexity index is 916. The number of aryl methyl sites for hydroxylation is 2. The van der Waals surface area contributed by atoms with E-state index < -0.39 is 0 Å². The number of aromatic nitrogens is 2. The molecule has 0 fully saturated rings. The first-order valence-electron chi connectivity index (χ1n) is 9.28. The van der Waals surface area contributed by atoms with Crippen LogP contribution in [0.25, 0.3) is 11.0 Å². The van der Waals surface area contributed by atoms with E-state index in [-0.39, 0.29) is 5.82 Å². The van der Waals surface area contributed by atoms with E-state index in [0.29, 0.717) is 6.54 Å². The highest BCUT2D eigenvalue weighted by Crippen LogP contribution is 2.15. The molecule has 0 unspecified atom stereocenters. The maximum atomic E-state index is 13.2. The number of fused-ring (bicyclic) bond motifs is 1. The van der Waals surface area contributed by atoms with Gasteiger partial charge in [0.1, 0.15) is 11.6 Å². The molecule has 0 spiro atoms. The summed E-state index contributed by atoms with van der Waals surface area (Å²) in [6, 6.07) is 14.9. The number of guanidine groups is 1. The van der Waals surface area contributed by atoms with Crippen molar-refractivity contribution < 1.29 is 4.39 Å². The van der Waals surface area contributed by atoms with Gasteiger partial charge in [0.25, 0.3) is 0 Å². The fourth-order valence-electron chi connectivity index (χ4n) is 3.16. The number of nitrogens with one attached hydrogen (secondary N) is 2. The van der Waals surface area contributed by atoms with Gasteiger partial charge >= 0.3 is 0 Å². The molecular formula is C21H26FN5. The van der Waals surface area contributed by atoms with Gasteiger partial charge in [0.15, 0.2) is 5.96 Å². The lowest BCUT2D eigenvalue weighted by molar-refractivity contribution is 0.622. The molecule has 0 amide bonds. The van der Waals surface area contributed by atoms with Crippen LogP contribution in [0.15, 0.2) is 53.5 Å². The van der Waals surface area contributed by atoms with Crippen molar-refractivity contribution in [1.29, 1.82) is 0 Å². The van der Waals surface area contributed by atoms with Gasteiger partial charge in [-0.15, -0.1) is 0 Å². The highest BCUT2D eigenvalue weighted by Gasteiger charge is 2.06. The maximum Gasteiger partial charge on any atom is 0.190 e. The van der Waals surface area contributed by atoms with E-state index in [0.717, 1.165) is 48.8 Å². The van der Waals surface area contributed by atoms with Crippen LogP contribution in [0, 0.1) is 12.7 Å². The van der Waals surface area contributed by atoms with Gasteiger partial charge in [0.2, 0.25) is 0 Å². The Morgan fingerprint density at radius 1 is 1.11 bits per heavy atom. The SMILES string of the molecule is CN=C(NCCCn1c(C)nc2ccccc21)NCCc1cccc(F)c1. The molecule has 1 aromatic heterocycles. The number of halogens is 1. The Labute approximate surface area is 159 Å². The molecule has 0 aliphatic rings. The van der Waals surface area contributed by atoms with Gasteiger partial charge in [-0.05, 0) is 49.6 Å². The molecule has 3 aromatic rings. The number of benzene rings is 2. The third kappa shape index (κ3) is 5.06. The normalized spacial score (nSPS) is 11.7. The van der Waals surface area contributed by atoms with E-state index in [1.165, 1.54) is 11.6 Å². The lowest BCUT2D eigenvalue weighted by atomic mass is 10.1. The monoisotopic (exact) mass is 367 g/mol. The van der Waals surface area contributed by atoms with E-state index in [1.807, 2.05) is 31.2 Å². The molecule has 5 nitrogen and oxygen atoms in total. The Morgan fingerprint density at radius 3 is 2.74 bits per heavy atom. The molecular weight excluding hydrogens is 341 g/mol. The second-order valence-electron chi connectivity index (χ2n) is 6.46. The molecule has 0 saturated carbocycles. The van der Waals surface area contributed by atoms with Gasteiger partial charge in [-0.1, -0.05) is 24.3 Å². The summed E-state index contributed by atoms with van der Waals surface area (Å²) in [6.07, 6.45) is 1.71. The first-order chi connectivity index (χ1) is 13.2. The fourth-order valence-corrected chi connectivity index (χ4v) is 3.16. The molecule has 0 aliphatic carbocycles. The lowest BCUT2D eigenvalue weighted by Gasteiger charge is -2.13. The molecule has 3 rings (SSSR count). The van der Waals surface area contributed by atoms with Crippen molar-refractivity contribution in [1.82, 2.24) is 20.2 Å². The van der Waals surface area contributed by atoms with Crippen LogP contribution in [0.4, 0.5) is 4.39 Å². The number of aliphatic imine (C=N–C) groups is 1. The number of imidazole rings is 1. The Balaban J connectivity index is 1.42. The zero-order valence-corrected chi connectivity index (χ0v) is 15.9. The summed E-state index contributed by atoms with van der Waals surface area (Å²) in [5, 5.41) is 6.60. The first-order valence-corrected chi connectivity index (χ1v) is 9.28. The largest absolute Gasteiger partial charge is 0.356 e. The maximum absolute atomic E-state index is 13.2. The summed E-state index contributed by atoms with van der Waals surface area (Å²) >= 11 is 0. The highest BCUT2D eigenvalue weighted by molar-refractivity contribution is 5.79. The van der Waals surface area contributed by atoms with Crippen LogP contribution in [0.1, 0.15) is 17.8 Å². The van der Waals surface area contributed by atoms with Crippen LogP contribution in [-0.4, -0.2) is 35.6 Å². The van der Waals surface area contributed by atoms with Gasteiger partial charge in [-0.25, -0.2) is 9.37 Å². The summed E-state index contributed by atoms with van der Waals surface area (Å²) in [5.41, 5.74) is 3.19. The Kier molecular flexibility index (Phi) is 6.41. The van der Waals surface area contributed by atoms with Crippen molar-refractivity contribution in [2.24, 2.45) is 4.99 Å². The molecule has 0 atom stereocenters. The fraction of sp³-hybridized carbons (Fsp3) is 0.333. The van der Waals surface area contributed by atoms with Crippen molar-refractivity contribution in [3.8, 4) is 0 Å². The van der Waals surface area contributed by atoms with Crippen LogP contribution in [0.2, 0.25) is 0 Å². The molecule has 0 saturated heterocycles. The van der Waals surface area contributed by atoms with E-state index in [9.17, 15) is 4.39 Å². The average Bonchev–Trinajstić information content (AvgIpc) is 2.99. The van der Waals surface area contributed by atoms with Crippen molar-refractivity contribution in [3.63, 3.8) is 0 Å². The summed E-state index contributed by atoms with van der Waals surface area (Å²) in [4.78, 5) is 8.84. The summed E-state index contributed by atoms with van der Waals surface area (Å²) in [5.74, 6) is 1.60. The van der Waals surface area contributed by atoms with E-state index in [2.05, 4.69) is 31.2 Å². The molecule has 1 heterocycles. The molecule has 6 heteroatoms. The van der Waals surface area contributed by atoms with Gasteiger partial charge in [0, 0.05) is 26.7 Å². The Morgan fingerprint density at radius 2 is 1.93 bits per heavy atom. The van der Waals surface area contributed by atoms with Crippen LogP contribution < -0.4 is 10.6 Å². The Hall–Kier alpha value is -2.89. The van der Waals surface area contributed by atoms with Crippen molar-refractivity contribution in [2.45, 2.75) is 26.3 Å². The van der Waals surface area contributed by atoms with Crippen LogP contribution >= 0.6 is 0 Å². The number of rotatable bonds is 7.